The molecular weight excluding hydrogens is 398 g/mol. The van der Waals surface area contributed by atoms with Crippen molar-refractivity contribution in [3.8, 4) is 0 Å². The Kier molecular flexibility index (Phi) is 8.30. The highest BCUT2D eigenvalue weighted by molar-refractivity contribution is 7.89. The van der Waals surface area contributed by atoms with Gasteiger partial charge in [0.05, 0.1) is 11.3 Å². The molecule has 158 valence electrons. The summed E-state index contributed by atoms with van der Waals surface area (Å²) in [4.78, 5) is 12.6. The maximum atomic E-state index is 12.7. The van der Waals surface area contributed by atoms with E-state index in [9.17, 15) is 13.2 Å². The molecule has 8 heteroatoms. The Morgan fingerprint density at radius 2 is 1.71 bits per heavy atom. The van der Waals surface area contributed by atoms with Gasteiger partial charge in [0.2, 0.25) is 15.9 Å². The molecule has 2 saturated heterocycles. The summed E-state index contributed by atoms with van der Waals surface area (Å²) in [7, 11) is -3.41. The predicted molar refractivity (Wildman–Crippen MR) is 113 cm³/mol. The Hall–Kier alpha value is -1.15. The van der Waals surface area contributed by atoms with Crippen LogP contribution in [0.15, 0.2) is 29.2 Å². The van der Waals surface area contributed by atoms with E-state index in [2.05, 4.69) is 17.6 Å². The zero-order valence-electron chi connectivity index (χ0n) is 16.6. The van der Waals surface area contributed by atoms with Crippen LogP contribution in [0, 0.1) is 5.41 Å². The zero-order chi connectivity index (χ0) is 19.3. The molecule has 2 N–H and O–H groups in total. The molecule has 2 aliphatic heterocycles. The summed E-state index contributed by atoms with van der Waals surface area (Å²) in [5.74, 6) is -0.0126. The molecule has 28 heavy (non-hydrogen) atoms. The van der Waals surface area contributed by atoms with Gasteiger partial charge in [0.1, 0.15) is 0 Å². The topological polar surface area (TPSA) is 78.5 Å². The first kappa shape index (κ1) is 23.1. The Labute approximate surface area is 174 Å². The monoisotopic (exact) mass is 429 g/mol. The number of benzene rings is 1. The molecule has 2 aliphatic rings. The second-order valence-corrected chi connectivity index (χ2v) is 10.1. The predicted octanol–water partition coefficient (Wildman–Crippen LogP) is 2.33. The molecule has 1 aromatic carbocycles. The zero-order valence-corrected chi connectivity index (χ0v) is 18.2. The second kappa shape index (κ2) is 10.1. The van der Waals surface area contributed by atoms with Gasteiger partial charge in [0, 0.05) is 19.6 Å². The van der Waals surface area contributed by atoms with Crippen molar-refractivity contribution < 1.29 is 13.2 Å². The van der Waals surface area contributed by atoms with Crippen LogP contribution < -0.4 is 10.6 Å². The summed E-state index contributed by atoms with van der Waals surface area (Å²) in [5.41, 5.74) is 0.994. The van der Waals surface area contributed by atoms with E-state index in [0.29, 0.717) is 24.5 Å². The van der Waals surface area contributed by atoms with Crippen molar-refractivity contribution in [3.63, 3.8) is 0 Å². The maximum Gasteiger partial charge on any atom is 0.243 e. The van der Waals surface area contributed by atoms with E-state index in [1.165, 1.54) is 0 Å². The molecule has 0 atom stereocenters. The Morgan fingerprint density at radius 3 is 2.32 bits per heavy atom. The number of rotatable bonds is 6. The van der Waals surface area contributed by atoms with Crippen LogP contribution in [0.25, 0.3) is 0 Å². The van der Waals surface area contributed by atoms with Gasteiger partial charge in [-0.25, -0.2) is 8.42 Å². The third-order valence-electron chi connectivity index (χ3n) is 5.76. The first-order chi connectivity index (χ1) is 12.9. The van der Waals surface area contributed by atoms with Gasteiger partial charge in [-0.05, 0) is 61.9 Å². The Morgan fingerprint density at radius 1 is 1.11 bits per heavy atom. The van der Waals surface area contributed by atoms with Crippen LogP contribution in [0.1, 0.15) is 44.6 Å². The van der Waals surface area contributed by atoms with Crippen molar-refractivity contribution in [2.45, 2.75) is 50.3 Å². The van der Waals surface area contributed by atoms with Gasteiger partial charge in [0.15, 0.2) is 0 Å². The summed E-state index contributed by atoms with van der Waals surface area (Å²) < 4.78 is 26.9. The summed E-state index contributed by atoms with van der Waals surface area (Å²) in [6.45, 7) is 6.10. The fourth-order valence-corrected chi connectivity index (χ4v) is 5.32. The van der Waals surface area contributed by atoms with Crippen molar-refractivity contribution in [2.24, 2.45) is 5.41 Å². The minimum Gasteiger partial charge on any atom is -0.355 e. The van der Waals surface area contributed by atoms with E-state index in [0.717, 1.165) is 50.8 Å². The number of carbonyl (C=O) groups excluding carboxylic acids is 1. The van der Waals surface area contributed by atoms with Gasteiger partial charge in [-0.1, -0.05) is 25.5 Å². The number of hydrogen-bond donors (Lipinski definition) is 2. The van der Waals surface area contributed by atoms with E-state index in [1.54, 1.807) is 28.6 Å². The number of carbonyl (C=O) groups is 1. The Balaban J connectivity index is 0.00000280. The number of piperidine rings is 2. The summed E-state index contributed by atoms with van der Waals surface area (Å²) in [5, 5.41) is 6.39. The minimum absolute atomic E-state index is 0. The lowest BCUT2D eigenvalue weighted by atomic mass is 9.81. The number of nitrogens with zero attached hydrogens (tertiary/aromatic N) is 1. The van der Waals surface area contributed by atoms with Crippen molar-refractivity contribution in [1.82, 2.24) is 14.9 Å². The molecule has 1 aromatic rings. The van der Waals surface area contributed by atoms with Crippen LogP contribution in [0.2, 0.25) is 0 Å². The van der Waals surface area contributed by atoms with E-state index < -0.39 is 10.0 Å². The lowest BCUT2D eigenvalue weighted by Gasteiger charge is -2.34. The fourth-order valence-electron chi connectivity index (χ4n) is 3.80. The molecule has 6 nitrogen and oxygen atoms in total. The Bertz CT molecular complexity index is 740. The molecule has 0 aliphatic carbocycles. The third-order valence-corrected chi connectivity index (χ3v) is 7.68. The van der Waals surface area contributed by atoms with Gasteiger partial charge < -0.3 is 10.6 Å². The van der Waals surface area contributed by atoms with Crippen LogP contribution in [0.3, 0.4) is 0 Å². The molecule has 2 heterocycles. The number of hydrogen-bond acceptors (Lipinski definition) is 4. The summed E-state index contributed by atoms with van der Waals surface area (Å²) in [6, 6.07) is 6.76. The molecule has 1 amide bonds. The smallest absolute Gasteiger partial charge is 0.243 e. The molecule has 0 aromatic heterocycles. The molecule has 0 radical (unpaired) electrons. The van der Waals surface area contributed by atoms with Crippen LogP contribution in [0.5, 0.6) is 0 Å². The maximum absolute atomic E-state index is 12.7. The van der Waals surface area contributed by atoms with Gasteiger partial charge >= 0.3 is 0 Å². The van der Waals surface area contributed by atoms with Crippen molar-refractivity contribution in [1.29, 1.82) is 0 Å². The van der Waals surface area contributed by atoms with E-state index >= 15 is 0 Å². The standard InChI is InChI=1S/C20H31N3O3S.ClH/c1-20(9-11-21-12-10-20)16-22-19(24)15-17-5-7-18(8-6-17)27(25,26)23-13-3-2-4-14-23;/h5-8,21H,2-4,9-16H2,1H3,(H,22,24);1H. The highest BCUT2D eigenvalue weighted by atomic mass is 35.5. The normalized spacial score (nSPS) is 20.2. The first-order valence-corrected chi connectivity index (χ1v) is 11.4. The fraction of sp³-hybridized carbons (Fsp3) is 0.650. The van der Waals surface area contributed by atoms with Gasteiger partial charge in [-0.3, -0.25) is 4.79 Å². The second-order valence-electron chi connectivity index (χ2n) is 8.12. The number of sulfonamides is 1. The SMILES string of the molecule is CC1(CNC(=O)Cc2ccc(S(=O)(=O)N3CCCCC3)cc2)CCNCC1.Cl. The summed E-state index contributed by atoms with van der Waals surface area (Å²) in [6.07, 6.45) is 5.35. The first-order valence-electron chi connectivity index (χ1n) is 9.96. The molecule has 0 unspecified atom stereocenters. The highest BCUT2D eigenvalue weighted by Crippen LogP contribution is 2.26. The number of halogens is 1. The lowest BCUT2D eigenvalue weighted by molar-refractivity contribution is -0.121. The van der Waals surface area contributed by atoms with Crippen LogP contribution in [0.4, 0.5) is 0 Å². The van der Waals surface area contributed by atoms with Crippen LogP contribution >= 0.6 is 12.4 Å². The quantitative estimate of drug-likeness (QED) is 0.727. The van der Waals surface area contributed by atoms with E-state index in [4.69, 9.17) is 0 Å². The minimum atomic E-state index is -3.41. The molecule has 2 fully saturated rings. The average Bonchev–Trinajstić information content (AvgIpc) is 2.68. The molecule has 0 spiro atoms. The largest absolute Gasteiger partial charge is 0.355 e. The van der Waals surface area contributed by atoms with Crippen LogP contribution in [-0.4, -0.2) is 51.4 Å². The van der Waals surface area contributed by atoms with Crippen LogP contribution in [-0.2, 0) is 21.2 Å². The molecular formula is C20H32ClN3O3S. The molecule has 0 bridgehead atoms. The van der Waals surface area contributed by atoms with Crippen molar-refractivity contribution in [2.75, 3.05) is 32.7 Å². The van der Waals surface area contributed by atoms with Crippen molar-refractivity contribution >= 4 is 28.3 Å². The number of nitrogens with one attached hydrogen (secondary N) is 2. The lowest BCUT2D eigenvalue weighted by Crippen LogP contribution is -2.43. The highest BCUT2D eigenvalue weighted by Gasteiger charge is 2.27. The number of amides is 1. The molecule has 3 rings (SSSR count). The van der Waals surface area contributed by atoms with E-state index in [-0.39, 0.29) is 30.2 Å². The van der Waals surface area contributed by atoms with E-state index in [1.807, 2.05) is 0 Å². The summed E-state index contributed by atoms with van der Waals surface area (Å²) >= 11 is 0. The third kappa shape index (κ3) is 5.92. The molecule has 0 saturated carbocycles. The van der Waals surface area contributed by atoms with Gasteiger partial charge in [-0.2, -0.15) is 4.31 Å². The van der Waals surface area contributed by atoms with Gasteiger partial charge in [-0.15, -0.1) is 12.4 Å². The van der Waals surface area contributed by atoms with Gasteiger partial charge in [0.25, 0.3) is 0 Å². The van der Waals surface area contributed by atoms with Crippen molar-refractivity contribution in [3.05, 3.63) is 29.8 Å². The average molecular weight is 430 g/mol.